The van der Waals surface area contributed by atoms with E-state index < -0.39 is 163 Å². The first-order chi connectivity index (χ1) is 25.8. The summed E-state index contributed by atoms with van der Waals surface area (Å²) in [5.41, 5.74) is -5.20. The first-order valence-electron chi connectivity index (χ1n) is 15.4. The van der Waals surface area contributed by atoms with E-state index in [4.69, 9.17) is 18.9 Å². The summed E-state index contributed by atoms with van der Waals surface area (Å²) in [5.74, 6) is -19.9. The maximum absolute atomic E-state index is 14.0. The smallest absolute Gasteiger partial charge is 0.339 e. The quantitative estimate of drug-likeness (QED) is 0.0784. The van der Waals surface area contributed by atoms with Crippen molar-refractivity contribution in [3.8, 4) is 80.1 Å². The molecule has 0 amide bonds. The van der Waals surface area contributed by atoms with Crippen LogP contribution in [0.2, 0.25) is 0 Å². The van der Waals surface area contributed by atoms with E-state index >= 15 is 0 Å². The molecule has 2 aliphatic rings. The van der Waals surface area contributed by atoms with Crippen molar-refractivity contribution in [3.63, 3.8) is 0 Å². The number of rotatable bonds is 4. The molecule has 0 unspecified atom stereocenters. The van der Waals surface area contributed by atoms with Crippen molar-refractivity contribution in [2.45, 2.75) is 36.9 Å². The molecule has 21 nitrogen and oxygen atoms in total. The molecule has 4 aromatic carbocycles. The van der Waals surface area contributed by atoms with Gasteiger partial charge in [-0.25, -0.2) is 19.2 Å². The van der Waals surface area contributed by atoms with Gasteiger partial charge in [0.15, 0.2) is 75.8 Å². The van der Waals surface area contributed by atoms with Crippen LogP contribution in [0.25, 0.3) is 11.1 Å². The highest BCUT2D eigenvalue weighted by Crippen LogP contribution is 2.53. The lowest BCUT2D eigenvalue weighted by atomic mass is 9.85. The third kappa shape index (κ3) is 6.28. The Morgan fingerprint density at radius 3 is 1.29 bits per heavy atom. The highest BCUT2D eigenvalue weighted by atomic mass is 16.6. The Labute approximate surface area is 304 Å². The van der Waals surface area contributed by atoms with E-state index in [1.54, 1.807) is 0 Å². The molecule has 1 saturated carbocycles. The summed E-state index contributed by atoms with van der Waals surface area (Å²) in [6.45, 7) is 0. The number of benzene rings is 4. The summed E-state index contributed by atoms with van der Waals surface area (Å²) in [4.78, 5) is 54.5. The lowest BCUT2D eigenvalue weighted by Gasteiger charge is -2.43. The molecule has 6 rings (SSSR count). The van der Waals surface area contributed by atoms with Gasteiger partial charge in [-0.15, -0.1) is 0 Å². The van der Waals surface area contributed by atoms with E-state index in [1.807, 2.05) is 0 Å². The molecule has 55 heavy (non-hydrogen) atoms. The molecule has 0 bridgehead atoms. The van der Waals surface area contributed by atoms with Crippen LogP contribution < -0.4 is 0 Å². The van der Waals surface area contributed by atoms with Crippen molar-refractivity contribution in [3.05, 3.63) is 58.7 Å². The van der Waals surface area contributed by atoms with Crippen molar-refractivity contribution in [1.82, 2.24) is 0 Å². The van der Waals surface area contributed by atoms with Crippen molar-refractivity contribution in [1.29, 1.82) is 0 Å². The minimum absolute atomic E-state index is 0.478. The monoisotopic (exact) mass is 770 g/mol. The van der Waals surface area contributed by atoms with Crippen LogP contribution in [-0.2, 0) is 18.9 Å². The van der Waals surface area contributed by atoms with Gasteiger partial charge in [-0.3, -0.25) is 0 Å². The number of esters is 4. The maximum Gasteiger partial charge on any atom is 0.339 e. The first-order valence-corrected chi connectivity index (χ1v) is 15.4. The largest absolute Gasteiger partial charge is 0.504 e. The van der Waals surface area contributed by atoms with Gasteiger partial charge < -0.3 is 85.3 Å². The highest BCUT2D eigenvalue weighted by Gasteiger charge is 2.54. The van der Waals surface area contributed by atoms with Crippen molar-refractivity contribution in [2.75, 3.05) is 0 Å². The van der Waals surface area contributed by atoms with Gasteiger partial charge in [0.1, 0.15) is 6.10 Å². The summed E-state index contributed by atoms with van der Waals surface area (Å²) in [6.07, 6.45) is -11.4. The van der Waals surface area contributed by atoms with Crippen molar-refractivity contribution in [2.24, 2.45) is 0 Å². The summed E-state index contributed by atoms with van der Waals surface area (Å²) in [6, 6.07) is 3.54. The maximum atomic E-state index is 14.0. The molecular weight excluding hydrogens is 744 g/mol. The molecule has 5 atom stereocenters. The van der Waals surface area contributed by atoms with E-state index in [2.05, 4.69) is 0 Å². The predicted octanol–water partition coefficient (Wildman–Crippen LogP) is 1.10. The molecule has 4 aromatic rings. The first kappa shape index (κ1) is 37.1. The normalized spacial score (nSPS) is 20.5. The number of hydrogen-bond acceptors (Lipinski definition) is 21. The average molecular weight is 771 g/mol. The number of carbonyl (C=O) groups is 4. The molecule has 1 heterocycles. The highest BCUT2D eigenvalue weighted by molar-refractivity contribution is 6.08. The zero-order valence-corrected chi connectivity index (χ0v) is 27.1. The van der Waals surface area contributed by atoms with Gasteiger partial charge >= 0.3 is 23.9 Å². The molecule has 0 radical (unpaired) electrons. The van der Waals surface area contributed by atoms with Crippen LogP contribution in [0.4, 0.5) is 0 Å². The average Bonchev–Trinajstić information content (AvgIpc) is 3.12. The zero-order valence-electron chi connectivity index (χ0n) is 27.1. The topological polar surface area (TPSA) is 368 Å². The van der Waals surface area contributed by atoms with Crippen LogP contribution in [0.3, 0.4) is 0 Å². The third-order valence-electron chi connectivity index (χ3n) is 8.66. The van der Waals surface area contributed by atoms with Crippen LogP contribution in [0, 0.1) is 0 Å². The van der Waals surface area contributed by atoms with E-state index in [0.29, 0.717) is 36.4 Å². The number of carbonyl (C=O) groups excluding carboxylic acids is 4. The van der Waals surface area contributed by atoms with Gasteiger partial charge in [0.05, 0.1) is 28.4 Å². The molecule has 1 aliphatic heterocycles. The lowest BCUT2D eigenvalue weighted by Crippen LogP contribution is -2.61. The minimum Gasteiger partial charge on any atom is -0.504 e. The van der Waals surface area contributed by atoms with Crippen LogP contribution >= 0.6 is 0 Å². The second-order valence-corrected chi connectivity index (χ2v) is 12.1. The molecule has 0 spiro atoms. The molecule has 1 fully saturated rings. The van der Waals surface area contributed by atoms with Crippen LogP contribution in [0.1, 0.15) is 47.9 Å². The number of aromatic hydroxyl groups is 12. The molecular formula is C34H26O21. The van der Waals surface area contributed by atoms with Gasteiger partial charge in [0.2, 0.25) is 11.5 Å². The van der Waals surface area contributed by atoms with E-state index in [-0.39, 0.29) is 0 Å². The van der Waals surface area contributed by atoms with Crippen LogP contribution in [0.5, 0.6) is 69.0 Å². The number of aliphatic hydroxyl groups is 1. The van der Waals surface area contributed by atoms with E-state index in [9.17, 15) is 85.6 Å². The number of ether oxygens (including phenoxy) is 4. The number of phenolic OH excluding ortho intramolecular Hbond substituents is 12. The summed E-state index contributed by atoms with van der Waals surface area (Å²) < 4.78 is 21.9. The fraction of sp³-hybridized carbons (Fsp3) is 0.176. The number of phenols is 12. The number of hydrogen-bond donors (Lipinski definition) is 13. The predicted molar refractivity (Wildman–Crippen MR) is 172 cm³/mol. The Kier molecular flexibility index (Phi) is 9.02. The lowest BCUT2D eigenvalue weighted by molar-refractivity contribution is -0.181. The summed E-state index contributed by atoms with van der Waals surface area (Å²) in [7, 11) is 0. The molecule has 288 valence electrons. The summed E-state index contributed by atoms with van der Waals surface area (Å²) in [5, 5.41) is 133. The fourth-order valence-corrected chi connectivity index (χ4v) is 5.99. The Balaban J connectivity index is 1.52. The van der Waals surface area contributed by atoms with Gasteiger partial charge in [-0.1, -0.05) is 0 Å². The standard InChI is InChI=1S/C34H26O21/c35-12-1-8(2-13(36)22(12)42)31(48)52-19-7-18(41)28(53-32(49)9-3-14(37)23(43)15(38)4-9)30-29(19)54-33(50)10-5-16(39)24(44)26(46)20(10)21-11(34(51)55-30)6-17(40)25(45)27(21)47/h1-6,18-19,28-30,35-47H,7H2/t18-,19+,28+,29-,30-/m0/s1. The van der Waals surface area contributed by atoms with Gasteiger partial charge in [-0.05, 0) is 36.4 Å². The van der Waals surface area contributed by atoms with Crippen molar-refractivity contribution < 1.29 is 105 Å². The van der Waals surface area contributed by atoms with Crippen molar-refractivity contribution >= 4 is 23.9 Å². The van der Waals surface area contributed by atoms with Gasteiger partial charge in [-0.2, -0.15) is 0 Å². The number of fused-ring (bicyclic) bond motifs is 4. The second kappa shape index (κ2) is 13.4. The molecule has 0 saturated heterocycles. The fourth-order valence-electron chi connectivity index (χ4n) is 5.99. The molecule has 1 aliphatic carbocycles. The Bertz CT molecular complexity index is 2270. The minimum atomic E-state index is -2.28. The molecule has 0 aromatic heterocycles. The zero-order chi connectivity index (χ0) is 40.4. The SMILES string of the molecule is O=C(O[C@H]1[C@@H]2OC(=O)c3cc(O)c(O)c(O)c3-c3c(cc(O)c(O)c3O)C(=O)O[C@H]2[C@H](OC(=O)c2cc(O)c(O)c(O)c2)C[C@@H]1O)c1cc(O)c(O)c(O)c1. The van der Waals surface area contributed by atoms with Crippen LogP contribution in [0.15, 0.2) is 36.4 Å². The summed E-state index contributed by atoms with van der Waals surface area (Å²) >= 11 is 0. The van der Waals surface area contributed by atoms with Gasteiger partial charge in [0.25, 0.3) is 0 Å². The Hall–Kier alpha value is -7.68. The number of aliphatic hydroxyl groups excluding tert-OH is 1. The third-order valence-corrected chi connectivity index (χ3v) is 8.66. The van der Waals surface area contributed by atoms with Crippen LogP contribution in [-0.4, -0.2) is 121 Å². The Morgan fingerprint density at radius 1 is 0.509 bits per heavy atom. The van der Waals surface area contributed by atoms with Gasteiger partial charge in [0, 0.05) is 17.5 Å². The second-order valence-electron chi connectivity index (χ2n) is 12.1. The molecule has 21 heteroatoms. The molecule has 13 N–H and O–H groups in total. The van der Waals surface area contributed by atoms with E-state index in [1.165, 1.54) is 0 Å². The van der Waals surface area contributed by atoms with E-state index in [0.717, 1.165) is 0 Å². The Morgan fingerprint density at radius 2 is 0.873 bits per heavy atom.